The summed E-state index contributed by atoms with van der Waals surface area (Å²) >= 11 is 0. The molecule has 0 spiro atoms. The van der Waals surface area contributed by atoms with E-state index in [0.717, 1.165) is 11.1 Å². The first-order valence-corrected chi connectivity index (χ1v) is 12.0. The van der Waals surface area contributed by atoms with E-state index in [1.165, 1.54) is 12.1 Å². The molecule has 1 heterocycles. The summed E-state index contributed by atoms with van der Waals surface area (Å²) in [5.41, 5.74) is 2.47. The van der Waals surface area contributed by atoms with Crippen molar-refractivity contribution in [1.29, 1.82) is 0 Å². The summed E-state index contributed by atoms with van der Waals surface area (Å²) < 4.78 is 22.7. The highest BCUT2D eigenvalue weighted by atomic mass is 16.6. The first kappa shape index (κ1) is 25.8. The van der Waals surface area contributed by atoms with Gasteiger partial charge in [0.05, 0.1) is 31.3 Å². The number of carbonyl (C=O) groups excluding carboxylic acids is 1. The van der Waals surface area contributed by atoms with E-state index in [2.05, 4.69) is 0 Å². The Morgan fingerprint density at radius 3 is 2.22 bits per heavy atom. The highest BCUT2D eigenvalue weighted by molar-refractivity contribution is 5.95. The molecule has 3 aromatic carbocycles. The standard InChI is InChI=1S/C28H30N2O7/c1-18(2)37-23-9-5-19(6-10-23)28(31)29-14-13-20-15-26(34-3)27(35-4)16-24(20)25(29)17-36-22-11-7-21(8-12-22)30(32)33/h5-12,15-16,18,25H,13-14,17H2,1-4H3/t25-/m0/s1. The topological polar surface area (TPSA) is 100 Å². The molecule has 0 saturated heterocycles. The number of hydrogen-bond acceptors (Lipinski definition) is 7. The number of rotatable bonds is 9. The first-order chi connectivity index (χ1) is 17.8. The van der Waals surface area contributed by atoms with Gasteiger partial charge in [-0.1, -0.05) is 0 Å². The van der Waals surface area contributed by atoms with Gasteiger partial charge in [-0.2, -0.15) is 0 Å². The lowest BCUT2D eigenvalue weighted by atomic mass is 9.91. The van der Waals surface area contributed by atoms with Crippen molar-refractivity contribution in [1.82, 2.24) is 4.90 Å². The van der Waals surface area contributed by atoms with E-state index < -0.39 is 11.0 Å². The van der Waals surface area contributed by atoms with Gasteiger partial charge in [-0.15, -0.1) is 0 Å². The molecule has 0 aliphatic carbocycles. The number of ether oxygens (including phenoxy) is 4. The molecule has 3 aromatic rings. The van der Waals surface area contributed by atoms with Crippen molar-refractivity contribution < 1.29 is 28.7 Å². The van der Waals surface area contributed by atoms with Crippen LogP contribution in [0.3, 0.4) is 0 Å². The van der Waals surface area contributed by atoms with Crippen LogP contribution in [0.2, 0.25) is 0 Å². The Hall–Kier alpha value is -4.27. The lowest BCUT2D eigenvalue weighted by molar-refractivity contribution is -0.384. The van der Waals surface area contributed by atoms with Gasteiger partial charge in [-0.3, -0.25) is 14.9 Å². The van der Waals surface area contributed by atoms with Crippen molar-refractivity contribution in [2.75, 3.05) is 27.4 Å². The summed E-state index contributed by atoms with van der Waals surface area (Å²) in [6, 6.07) is 16.4. The van der Waals surface area contributed by atoms with E-state index in [-0.39, 0.29) is 24.3 Å². The molecule has 4 rings (SSSR count). The van der Waals surface area contributed by atoms with Crippen LogP contribution in [0.15, 0.2) is 60.7 Å². The summed E-state index contributed by atoms with van der Waals surface area (Å²) in [6.45, 7) is 4.53. The molecule has 0 N–H and O–H groups in total. The van der Waals surface area contributed by atoms with Crippen LogP contribution >= 0.6 is 0 Å². The summed E-state index contributed by atoms with van der Waals surface area (Å²) in [5.74, 6) is 2.22. The van der Waals surface area contributed by atoms with Crippen LogP contribution in [0.4, 0.5) is 5.69 Å². The van der Waals surface area contributed by atoms with Crippen molar-refractivity contribution in [3.8, 4) is 23.0 Å². The molecule has 0 fully saturated rings. The molecule has 0 saturated carbocycles. The van der Waals surface area contributed by atoms with E-state index in [1.54, 1.807) is 55.5 Å². The molecule has 37 heavy (non-hydrogen) atoms. The lowest BCUT2D eigenvalue weighted by Gasteiger charge is -2.37. The number of methoxy groups -OCH3 is 2. The molecule has 0 unspecified atom stereocenters. The zero-order valence-electron chi connectivity index (χ0n) is 21.3. The maximum absolute atomic E-state index is 13.7. The van der Waals surface area contributed by atoms with Crippen LogP contribution in [0, 0.1) is 10.1 Å². The Morgan fingerprint density at radius 1 is 1.00 bits per heavy atom. The predicted octanol–water partition coefficient (Wildman–Crippen LogP) is 5.22. The Balaban J connectivity index is 1.64. The third-order valence-electron chi connectivity index (χ3n) is 6.19. The third-order valence-corrected chi connectivity index (χ3v) is 6.19. The normalized spacial score (nSPS) is 14.6. The van der Waals surface area contributed by atoms with E-state index >= 15 is 0 Å². The maximum Gasteiger partial charge on any atom is 0.269 e. The number of nitro groups is 1. The number of amides is 1. The molecule has 1 atom stereocenters. The van der Waals surface area contributed by atoms with E-state index in [4.69, 9.17) is 18.9 Å². The molecule has 194 valence electrons. The molecule has 0 bridgehead atoms. The van der Waals surface area contributed by atoms with Gasteiger partial charge in [0.2, 0.25) is 0 Å². The van der Waals surface area contributed by atoms with Gasteiger partial charge in [0.25, 0.3) is 11.6 Å². The molecule has 1 aliphatic rings. The minimum absolute atomic E-state index is 0.0195. The molecule has 1 aliphatic heterocycles. The lowest BCUT2D eigenvalue weighted by Crippen LogP contribution is -2.42. The van der Waals surface area contributed by atoms with E-state index in [1.807, 2.05) is 26.0 Å². The Labute approximate surface area is 215 Å². The van der Waals surface area contributed by atoms with Gasteiger partial charge in [0.1, 0.15) is 18.1 Å². The summed E-state index contributed by atoms with van der Waals surface area (Å²) in [7, 11) is 3.16. The monoisotopic (exact) mass is 506 g/mol. The van der Waals surface area contributed by atoms with Gasteiger partial charge in [-0.25, -0.2) is 0 Å². The third kappa shape index (κ3) is 5.77. The number of nitro benzene ring substituents is 1. The number of nitrogens with zero attached hydrogens (tertiary/aromatic N) is 2. The average Bonchev–Trinajstić information content (AvgIpc) is 2.90. The van der Waals surface area contributed by atoms with Crippen LogP contribution in [0.1, 0.15) is 41.4 Å². The SMILES string of the molecule is COc1cc2c(cc1OC)[C@H](COc1ccc([N+](=O)[O-])cc1)N(C(=O)c1ccc(OC(C)C)cc1)CC2. The largest absolute Gasteiger partial charge is 0.493 e. The first-order valence-electron chi connectivity index (χ1n) is 12.0. The summed E-state index contributed by atoms with van der Waals surface area (Å²) in [5, 5.41) is 11.0. The predicted molar refractivity (Wildman–Crippen MR) is 138 cm³/mol. The molecule has 0 radical (unpaired) electrons. The zero-order chi connectivity index (χ0) is 26.5. The molecule has 0 aromatic heterocycles. The minimum atomic E-state index is -0.460. The number of non-ortho nitro benzene ring substituents is 1. The van der Waals surface area contributed by atoms with Crippen molar-refractivity contribution >= 4 is 11.6 Å². The molecule has 9 heteroatoms. The van der Waals surface area contributed by atoms with Gasteiger partial charge >= 0.3 is 0 Å². The average molecular weight is 507 g/mol. The molecule has 9 nitrogen and oxygen atoms in total. The van der Waals surface area contributed by atoms with Gasteiger partial charge in [0.15, 0.2) is 11.5 Å². The second kappa shape index (κ2) is 11.2. The second-order valence-electron chi connectivity index (χ2n) is 8.92. The van der Waals surface area contributed by atoms with Crippen molar-refractivity contribution in [2.45, 2.75) is 32.4 Å². The molecule has 1 amide bonds. The van der Waals surface area contributed by atoms with Gasteiger partial charge in [-0.05, 0) is 79.9 Å². The van der Waals surface area contributed by atoms with E-state index in [0.29, 0.717) is 41.5 Å². The quantitative estimate of drug-likeness (QED) is 0.290. The van der Waals surface area contributed by atoms with Crippen LogP contribution in [0.25, 0.3) is 0 Å². The number of carbonyl (C=O) groups is 1. The Kier molecular flexibility index (Phi) is 7.81. The van der Waals surface area contributed by atoms with Gasteiger partial charge < -0.3 is 23.8 Å². The molecular weight excluding hydrogens is 476 g/mol. The molecular formula is C28H30N2O7. The van der Waals surface area contributed by atoms with Crippen molar-refractivity contribution in [2.24, 2.45) is 0 Å². The second-order valence-corrected chi connectivity index (χ2v) is 8.92. The fourth-order valence-electron chi connectivity index (χ4n) is 4.40. The number of benzene rings is 3. The van der Waals surface area contributed by atoms with Crippen molar-refractivity contribution in [3.05, 3.63) is 87.5 Å². The van der Waals surface area contributed by atoms with E-state index in [9.17, 15) is 14.9 Å². The highest BCUT2D eigenvalue weighted by Gasteiger charge is 2.33. The fraction of sp³-hybridized carbons (Fsp3) is 0.321. The van der Waals surface area contributed by atoms with Gasteiger partial charge in [0, 0.05) is 24.2 Å². The minimum Gasteiger partial charge on any atom is -0.493 e. The highest BCUT2D eigenvalue weighted by Crippen LogP contribution is 2.39. The van der Waals surface area contributed by atoms with Crippen LogP contribution in [0.5, 0.6) is 23.0 Å². The van der Waals surface area contributed by atoms with Crippen LogP contribution < -0.4 is 18.9 Å². The smallest absolute Gasteiger partial charge is 0.269 e. The number of fused-ring (bicyclic) bond motifs is 1. The van der Waals surface area contributed by atoms with Crippen molar-refractivity contribution in [3.63, 3.8) is 0 Å². The zero-order valence-corrected chi connectivity index (χ0v) is 21.3. The van der Waals surface area contributed by atoms with Crippen LogP contribution in [-0.4, -0.2) is 49.2 Å². The summed E-state index contributed by atoms with van der Waals surface area (Å²) in [4.78, 5) is 26.0. The summed E-state index contributed by atoms with van der Waals surface area (Å²) in [6.07, 6.45) is 0.678. The number of hydrogen-bond donors (Lipinski definition) is 0. The van der Waals surface area contributed by atoms with Crippen LogP contribution in [-0.2, 0) is 6.42 Å². The Bertz CT molecular complexity index is 1260. The fourth-order valence-corrected chi connectivity index (χ4v) is 4.40. The Morgan fingerprint density at radius 2 is 1.62 bits per heavy atom. The maximum atomic E-state index is 13.7.